The third-order valence-corrected chi connectivity index (χ3v) is 6.97. The smallest absolute Gasteiger partial charge is 0.264 e. The fraction of sp³-hybridized carbons (Fsp3) is 0.333. The quantitative estimate of drug-likeness (QED) is 0.736. The average molecular weight is 394 g/mol. The number of hydrogen-bond acceptors (Lipinski definition) is 2. The molecule has 2 aromatic rings. The normalized spacial score (nSPS) is 17.9. The second-order valence-electron chi connectivity index (χ2n) is 6.19. The Labute approximate surface area is 146 Å². The van der Waals surface area contributed by atoms with Gasteiger partial charge in [-0.1, -0.05) is 47.1 Å². The van der Waals surface area contributed by atoms with Crippen LogP contribution >= 0.6 is 15.9 Å². The van der Waals surface area contributed by atoms with Gasteiger partial charge in [-0.15, -0.1) is 0 Å². The van der Waals surface area contributed by atoms with Crippen molar-refractivity contribution in [2.75, 3.05) is 10.8 Å². The lowest BCUT2D eigenvalue weighted by molar-refractivity contribution is 0.577. The van der Waals surface area contributed by atoms with Crippen molar-refractivity contribution in [3.05, 3.63) is 57.6 Å². The lowest BCUT2D eigenvalue weighted by Crippen LogP contribution is -2.37. The van der Waals surface area contributed by atoms with Crippen molar-refractivity contribution in [1.82, 2.24) is 0 Å². The minimum absolute atomic E-state index is 0.371. The molecular formula is C18H20BrNO2S. The third-order valence-electron chi connectivity index (χ3n) is 4.53. The molecule has 5 heteroatoms. The number of rotatable bonds is 2. The summed E-state index contributed by atoms with van der Waals surface area (Å²) in [6.45, 7) is 6.50. The SMILES string of the molecule is Cc1ccc(Br)cc1S(=O)(=O)N1CCC(C)c2cccc(C)c21. The zero-order valence-corrected chi connectivity index (χ0v) is 15.9. The van der Waals surface area contributed by atoms with Crippen molar-refractivity contribution in [2.24, 2.45) is 0 Å². The molecule has 0 aliphatic carbocycles. The predicted octanol–water partition coefficient (Wildman–Crippen LogP) is 4.77. The van der Waals surface area contributed by atoms with Crippen molar-refractivity contribution in [2.45, 2.75) is 38.0 Å². The van der Waals surface area contributed by atoms with E-state index in [4.69, 9.17) is 0 Å². The lowest BCUT2D eigenvalue weighted by Gasteiger charge is -2.35. The van der Waals surface area contributed by atoms with Gasteiger partial charge in [-0.05, 0) is 55.0 Å². The Morgan fingerprint density at radius 2 is 1.87 bits per heavy atom. The zero-order valence-electron chi connectivity index (χ0n) is 13.5. The summed E-state index contributed by atoms with van der Waals surface area (Å²) in [6, 6.07) is 11.4. The molecule has 23 heavy (non-hydrogen) atoms. The molecule has 1 atom stereocenters. The Hall–Kier alpha value is -1.33. The molecule has 2 aromatic carbocycles. The number of benzene rings is 2. The molecule has 0 saturated heterocycles. The number of para-hydroxylation sites is 1. The van der Waals surface area contributed by atoms with E-state index >= 15 is 0 Å². The molecule has 0 radical (unpaired) electrons. The Kier molecular flexibility index (Phi) is 4.27. The molecule has 0 saturated carbocycles. The molecule has 0 spiro atoms. The van der Waals surface area contributed by atoms with Crippen LogP contribution < -0.4 is 4.31 Å². The highest BCUT2D eigenvalue weighted by Gasteiger charge is 2.33. The van der Waals surface area contributed by atoms with Gasteiger partial charge in [-0.3, -0.25) is 4.31 Å². The van der Waals surface area contributed by atoms with E-state index in [9.17, 15) is 8.42 Å². The average Bonchev–Trinajstić information content (AvgIpc) is 2.50. The monoisotopic (exact) mass is 393 g/mol. The number of fused-ring (bicyclic) bond motifs is 1. The van der Waals surface area contributed by atoms with Gasteiger partial charge in [0, 0.05) is 11.0 Å². The van der Waals surface area contributed by atoms with E-state index in [2.05, 4.69) is 22.9 Å². The first-order valence-corrected chi connectivity index (χ1v) is 9.94. The molecule has 0 N–H and O–H groups in total. The molecule has 1 heterocycles. The van der Waals surface area contributed by atoms with Gasteiger partial charge < -0.3 is 0 Å². The molecule has 3 rings (SSSR count). The summed E-state index contributed by atoms with van der Waals surface area (Å²) < 4.78 is 28.9. The Balaban J connectivity index is 2.20. The molecule has 0 aromatic heterocycles. The number of nitrogens with zero attached hydrogens (tertiary/aromatic N) is 1. The maximum absolute atomic E-state index is 13.3. The number of halogens is 1. The Morgan fingerprint density at radius 3 is 2.61 bits per heavy atom. The number of aryl methyl sites for hydroxylation is 2. The molecule has 0 amide bonds. The molecule has 122 valence electrons. The van der Waals surface area contributed by atoms with E-state index < -0.39 is 10.0 Å². The summed E-state index contributed by atoms with van der Waals surface area (Å²) in [5, 5.41) is 0. The molecule has 3 nitrogen and oxygen atoms in total. The first-order valence-electron chi connectivity index (χ1n) is 7.71. The summed E-state index contributed by atoms with van der Waals surface area (Å²) in [5.74, 6) is 0.375. The fourth-order valence-electron chi connectivity index (χ4n) is 3.21. The fourth-order valence-corrected chi connectivity index (χ4v) is 5.55. The molecule has 0 fully saturated rings. The standard InChI is InChI=1S/C18H20BrNO2S/c1-12-9-10-20(18-14(3)5-4-6-16(12)18)23(21,22)17-11-15(19)8-7-13(17)2/h4-8,11-12H,9-10H2,1-3H3. The van der Waals surface area contributed by atoms with E-state index in [1.807, 2.05) is 44.2 Å². The highest BCUT2D eigenvalue weighted by Crippen LogP contribution is 2.40. The number of anilines is 1. The van der Waals surface area contributed by atoms with E-state index in [0.717, 1.165) is 33.3 Å². The van der Waals surface area contributed by atoms with Crippen molar-refractivity contribution in [1.29, 1.82) is 0 Å². The van der Waals surface area contributed by atoms with E-state index in [1.54, 1.807) is 10.4 Å². The minimum Gasteiger partial charge on any atom is -0.266 e. The largest absolute Gasteiger partial charge is 0.266 e. The van der Waals surface area contributed by atoms with Crippen molar-refractivity contribution in [3.8, 4) is 0 Å². The van der Waals surface area contributed by atoms with Gasteiger partial charge in [0.1, 0.15) is 0 Å². The van der Waals surface area contributed by atoms with E-state index in [1.165, 1.54) is 0 Å². The Bertz CT molecular complexity index is 861. The highest BCUT2D eigenvalue weighted by atomic mass is 79.9. The van der Waals surface area contributed by atoms with Crippen LogP contribution in [0.2, 0.25) is 0 Å². The molecule has 1 aliphatic rings. The summed E-state index contributed by atoms with van der Waals surface area (Å²) in [4.78, 5) is 0.371. The van der Waals surface area contributed by atoms with Crippen molar-refractivity contribution < 1.29 is 8.42 Å². The van der Waals surface area contributed by atoms with Gasteiger partial charge in [0.2, 0.25) is 0 Å². The molecule has 0 bridgehead atoms. The van der Waals surface area contributed by atoms with Gasteiger partial charge in [-0.25, -0.2) is 8.42 Å². The van der Waals surface area contributed by atoms with Gasteiger partial charge in [0.05, 0.1) is 10.6 Å². The van der Waals surface area contributed by atoms with E-state index in [-0.39, 0.29) is 0 Å². The van der Waals surface area contributed by atoms with Gasteiger partial charge in [0.15, 0.2) is 0 Å². The second kappa shape index (κ2) is 5.95. The first-order chi connectivity index (χ1) is 10.8. The van der Waals surface area contributed by atoms with Crippen LogP contribution in [-0.2, 0) is 10.0 Å². The van der Waals surface area contributed by atoms with Crippen molar-refractivity contribution >= 4 is 31.6 Å². The Morgan fingerprint density at radius 1 is 1.13 bits per heavy atom. The maximum Gasteiger partial charge on any atom is 0.264 e. The van der Waals surface area contributed by atoms with Crippen LogP contribution in [0.1, 0.15) is 36.0 Å². The molecular weight excluding hydrogens is 374 g/mol. The lowest BCUT2D eigenvalue weighted by atomic mass is 9.91. The second-order valence-corrected chi connectivity index (χ2v) is 8.94. The molecule has 1 unspecified atom stereocenters. The highest BCUT2D eigenvalue weighted by molar-refractivity contribution is 9.10. The van der Waals surface area contributed by atoms with Crippen LogP contribution in [0.5, 0.6) is 0 Å². The summed E-state index contributed by atoms with van der Waals surface area (Å²) >= 11 is 3.39. The summed E-state index contributed by atoms with van der Waals surface area (Å²) in [5.41, 5.74) is 3.74. The van der Waals surface area contributed by atoms with Gasteiger partial charge in [-0.2, -0.15) is 0 Å². The summed E-state index contributed by atoms with van der Waals surface area (Å²) in [6.07, 6.45) is 0.836. The van der Waals surface area contributed by atoms with Crippen LogP contribution in [0, 0.1) is 13.8 Å². The molecule has 1 aliphatic heterocycles. The maximum atomic E-state index is 13.3. The van der Waals surface area contributed by atoms with Gasteiger partial charge in [0.25, 0.3) is 10.0 Å². The minimum atomic E-state index is -3.57. The first kappa shape index (κ1) is 16.5. The van der Waals surface area contributed by atoms with Crippen LogP contribution in [-0.4, -0.2) is 15.0 Å². The van der Waals surface area contributed by atoms with Crippen LogP contribution in [0.15, 0.2) is 45.8 Å². The predicted molar refractivity (Wildman–Crippen MR) is 97.6 cm³/mol. The number of sulfonamides is 1. The number of hydrogen-bond donors (Lipinski definition) is 0. The van der Waals surface area contributed by atoms with E-state index in [0.29, 0.717) is 17.4 Å². The van der Waals surface area contributed by atoms with Gasteiger partial charge >= 0.3 is 0 Å². The van der Waals surface area contributed by atoms with Crippen LogP contribution in [0.3, 0.4) is 0 Å². The topological polar surface area (TPSA) is 37.4 Å². The van der Waals surface area contributed by atoms with Crippen molar-refractivity contribution in [3.63, 3.8) is 0 Å². The van der Waals surface area contributed by atoms with Crippen LogP contribution in [0.25, 0.3) is 0 Å². The zero-order chi connectivity index (χ0) is 16.8. The third kappa shape index (κ3) is 2.81. The summed E-state index contributed by atoms with van der Waals surface area (Å²) in [7, 11) is -3.57. The van der Waals surface area contributed by atoms with Crippen LogP contribution in [0.4, 0.5) is 5.69 Å².